The first-order valence-electron chi connectivity index (χ1n) is 9.24. The first-order chi connectivity index (χ1) is 15.1. The van der Waals surface area contributed by atoms with Crippen molar-refractivity contribution in [3.8, 4) is 34.3 Å². The molecule has 4 N–H and O–H groups in total. The lowest BCUT2D eigenvalue weighted by Crippen LogP contribution is -2.27. The highest BCUT2D eigenvalue weighted by Crippen LogP contribution is 2.26. The fraction of sp³-hybridized carbons (Fsp3) is 0.150. The summed E-state index contributed by atoms with van der Waals surface area (Å²) in [5, 5.41) is 20.0. The number of ether oxygens (including phenoxy) is 2. The topological polar surface area (TPSA) is 162 Å². The third kappa shape index (κ3) is 5.03. The molecule has 1 atom stereocenters. The highest BCUT2D eigenvalue weighted by atomic mass is 16.6. The zero-order valence-corrected chi connectivity index (χ0v) is 16.1. The summed E-state index contributed by atoms with van der Waals surface area (Å²) in [4.78, 5) is 19.4. The van der Waals surface area contributed by atoms with E-state index < -0.39 is 18.8 Å². The lowest BCUT2D eigenvalue weighted by molar-refractivity contribution is 0.0592. The van der Waals surface area contributed by atoms with Gasteiger partial charge in [0.05, 0.1) is 18.7 Å². The molecule has 4 aromatic rings. The van der Waals surface area contributed by atoms with E-state index in [4.69, 9.17) is 19.7 Å². The van der Waals surface area contributed by atoms with Crippen LogP contribution in [0.2, 0.25) is 0 Å². The van der Waals surface area contributed by atoms with Crippen LogP contribution in [-0.2, 0) is 11.2 Å². The number of aliphatic hydroxyl groups excluding tert-OH is 1. The molecular formula is C20H18N6O5. The zero-order valence-electron chi connectivity index (χ0n) is 16.1. The maximum absolute atomic E-state index is 10.9. The number of carbonyl (C=O) groups is 1. The first kappa shape index (κ1) is 20.0. The van der Waals surface area contributed by atoms with Gasteiger partial charge in [-0.3, -0.25) is 5.10 Å². The van der Waals surface area contributed by atoms with Crippen LogP contribution in [0.15, 0.2) is 59.4 Å². The van der Waals surface area contributed by atoms with E-state index in [1.807, 2.05) is 12.1 Å². The van der Waals surface area contributed by atoms with E-state index in [0.717, 1.165) is 11.3 Å². The van der Waals surface area contributed by atoms with Crippen LogP contribution >= 0.6 is 0 Å². The van der Waals surface area contributed by atoms with Crippen LogP contribution < -0.4 is 10.5 Å². The summed E-state index contributed by atoms with van der Waals surface area (Å²) in [6.45, 7) is -0.420. The van der Waals surface area contributed by atoms with Gasteiger partial charge in [-0.15, -0.1) is 0 Å². The summed E-state index contributed by atoms with van der Waals surface area (Å²) in [7, 11) is 0. The lowest BCUT2D eigenvalue weighted by atomic mass is 10.2. The number of benzene rings is 1. The van der Waals surface area contributed by atoms with Gasteiger partial charge in [0.25, 0.3) is 0 Å². The summed E-state index contributed by atoms with van der Waals surface area (Å²) >= 11 is 0. The average Bonchev–Trinajstić information content (AvgIpc) is 3.46. The number of pyridine rings is 1. The molecule has 4 rings (SSSR count). The molecule has 1 amide bonds. The van der Waals surface area contributed by atoms with E-state index in [9.17, 15) is 9.90 Å². The molecule has 0 spiro atoms. The van der Waals surface area contributed by atoms with Gasteiger partial charge in [-0.2, -0.15) is 10.1 Å². The number of hydrogen-bond acceptors (Lipinski definition) is 9. The fourth-order valence-electron chi connectivity index (χ4n) is 2.79. The number of aliphatic hydroxyl groups is 1. The fourth-order valence-corrected chi connectivity index (χ4v) is 2.79. The Labute approximate surface area is 175 Å². The molecule has 0 aliphatic heterocycles. The van der Waals surface area contributed by atoms with Crippen LogP contribution in [0.25, 0.3) is 22.6 Å². The summed E-state index contributed by atoms with van der Waals surface area (Å²) in [5.74, 6) is 1.47. The first-order valence-corrected chi connectivity index (χ1v) is 9.24. The maximum Gasteiger partial charge on any atom is 0.404 e. The number of nitrogens with two attached hydrogens (primary N) is 1. The van der Waals surface area contributed by atoms with Crippen molar-refractivity contribution in [2.24, 2.45) is 5.73 Å². The van der Waals surface area contributed by atoms with Gasteiger partial charge in [-0.05, 0) is 24.3 Å². The quantitative estimate of drug-likeness (QED) is 0.387. The van der Waals surface area contributed by atoms with Gasteiger partial charge >= 0.3 is 6.09 Å². The molecule has 0 aliphatic carbocycles. The normalized spacial score (nSPS) is 11.8. The minimum absolute atomic E-state index is 0.0369. The number of hydrogen-bond donors (Lipinski definition) is 3. The Morgan fingerprint density at radius 3 is 2.84 bits per heavy atom. The molecule has 0 saturated heterocycles. The molecule has 11 heteroatoms. The van der Waals surface area contributed by atoms with Crippen molar-refractivity contribution in [3.05, 3.63) is 60.7 Å². The van der Waals surface area contributed by atoms with E-state index in [0.29, 0.717) is 23.0 Å². The molecule has 11 nitrogen and oxygen atoms in total. The van der Waals surface area contributed by atoms with E-state index in [-0.39, 0.29) is 12.3 Å². The molecule has 1 aromatic carbocycles. The van der Waals surface area contributed by atoms with E-state index in [1.54, 1.807) is 42.7 Å². The summed E-state index contributed by atoms with van der Waals surface area (Å²) in [5.41, 5.74) is 7.37. The SMILES string of the molecule is NC(=O)O[C@H](CO)Cc1nc(-c2cccc(Oc3ccc(-c4ccn[nH]4)cn3)c2)no1. The van der Waals surface area contributed by atoms with Crippen molar-refractivity contribution >= 4 is 6.09 Å². The Bertz CT molecular complexity index is 1140. The molecule has 3 aromatic heterocycles. The van der Waals surface area contributed by atoms with Crippen molar-refractivity contribution in [2.75, 3.05) is 6.61 Å². The number of carbonyl (C=O) groups excluding carboxylic acids is 1. The molecule has 0 aliphatic rings. The van der Waals surface area contributed by atoms with Crippen molar-refractivity contribution < 1.29 is 23.9 Å². The summed E-state index contributed by atoms with van der Waals surface area (Å²) < 4.78 is 15.8. The number of rotatable bonds is 8. The number of H-pyrrole nitrogens is 1. The third-order valence-electron chi connectivity index (χ3n) is 4.22. The van der Waals surface area contributed by atoms with Crippen LogP contribution in [0.1, 0.15) is 5.89 Å². The second kappa shape index (κ2) is 9.05. The molecule has 3 heterocycles. The second-order valence-electron chi connectivity index (χ2n) is 6.44. The Hall–Kier alpha value is -4.25. The van der Waals surface area contributed by atoms with Gasteiger partial charge in [0, 0.05) is 29.6 Å². The van der Waals surface area contributed by atoms with Crippen LogP contribution in [0.3, 0.4) is 0 Å². The molecule has 158 valence electrons. The average molecular weight is 422 g/mol. The predicted molar refractivity (Wildman–Crippen MR) is 107 cm³/mol. The van der Waals surface area contributed by atoms with E-state index in [2.05, 4.69) is 25.3 Å². The van der Waals surface area contributed by atoms with Gasteiger partial charge in [-0.1, -0.05) is 17.3 Å². The maximum atomic E-state index is 10.9. The minimum atomic E-state index is -0.991. The van der Waals surface area contributed by atoms with Crippen molar-refractivity contribution in [1.29, 1.82) is 0 Å². The molecule has 0 unspecified atom stereocenters. The Kier molecular flexibility index (Phi) is 5.85. The Balaban J connectivity index is 1.45. The minimum Gasteiger partial charge on any atom is -0.443 e. The number of amides is 1. The van der Waals surface area contributed by atoms with Gasteiger partial charge in [-0.25, -0.2) is 9.78 Å². The van der Waals surface area contributed by atoms with Crippen molar-refractivity contribution in [3.63, 3.8) is 0 Å². The molecule has 0 bridgehead atoms. The molecule has 31 heavy (non-hydrogen) atoms. The smallest absolute Gasteiger partial charge is 0.404 e. The molecule has 0 radical (unpaired) electrons. The van der Waals surface area contributed by atoms with Crippen LogP contribution in [-0.4, -0.2) is 49.2 Å². The zero-order chi connectivity index (χ0) is 21.6. The van der Waals surface area contributed by atoms with Crippen molar-refractivity contribution in [2.45, 2.75) is 12.5 Å². The Morgan fingerprint density at radius 1 is 1.23 bits per heavy atom. The number of primary amides is 1. The highest BCUT2D eigenvalue weighted by molar-refractivity contribution is 5.64. The summed E-state index contributed by atoms with van der Waals surface area (Å²) in [6.07, 6.45) is 1.54. The lowest BCUT2D eigenvalue weighted by Gasteiger charge is -2.10. The van der Waals surface area contributed by atoms with Crippen LogP contribution in [0, 0.1) is 0 Å². The van der Waals surface area contributed by atoms with Gasteiger partial charge in [0.2, 0.25) is 17.6 Å². The Morgan fingerprint density at radius 2 is 2.13 bits per heavy atom. The highest BCUT2D eigenvalue weighted by Gasteiger charge is 2.18. The third-order valence-corrected chi connectivity index (χ3v) is 4.22. The molecular weight excluding hydrogens is 404 g/mol. The van der Waals surface area contributed by atoms with Gasteiger partial charge < -0.3 is 24.8 Å². The van der Waals surface area contributed by atoms with Crippen LogP contribution in [0.5, 0.6) is 11.6 Å². The number of aromatic nitrogens is 5. The van der Waals surface area contributed by atoms with Gasteiger partial charge in [0.15, 0.2) is 0 Å². The predicted octanol–water partition coefficient (Wildman–Crippen LogP) is 2.31. The monoisotopic (exact) mass is 422 g/mol. The standard InChI is InChI=1S/C20H18N6O5/c21-20(28)30-15(11-27)9-18-24-19(26-31-18)12-2-1-3-14(8-12)29-17-5-4-13(10-22-17)16-6-7-23-25-16/h1-8,10,15,27H,9,11H2,(H2,21,28)(H,23,25)/t15-/m0/s1. The van der Waals surface area contributed by atoms with E-state index in [1.165, 1.54) is 0 Å². The molecule has 0 fully saturated rings. The largest absolute Gasteiger partial charge is 0.443 e. The number of nitrogens with zero attached hydrogens (tertiary/aromatic N) is 4. The van der Waals surface area contributed by atoms with Crippen molar-refractivity contribution in [1.82, 2.24) is 25.3 Å². The number of nitrogens with one attached hydrogen (secondary N) is 1. The summed E-state index contributed by atoms with van der Waals surface area (Å²) in [6, 6.07) is 12.6. The van der Waals surface area contributed by atoms with E-state index >= 15 is 0 Å². The number of aromatic amines is 1. The molecule has 0 saturated carbocycles. The second-order valence-corrected chi connectivity index (χ2v) is 6.44. The van der Waals surface area contributed by atoms with Gasteiger partial charge in [0.1, 0.15) is 11.9 Å². The van der Waals surface area contributed by atoms with Crippen LogP contribution in [0.4, 0.5) is 4.79 Å².